The molecule has 0 N–H and O–H groups in total. The summed E-state index contributed by atoms with van der Waals surface area (Å²) < 4.78 is 5.73. The second-order valence-corrected chi connectivity index (χ2v) is 6.72. The number of hydrogen-bond acceptors (Lipinski definition) is 5. The van der Waals surface area contributed by atoms with Crippen molar-refractivity contribution in [1.82, 2.24) is 0 Å². The molecule has 0 saturated carbocycles. The first-order valence-electron chi connectivity index (χ1n) is 7.14. The summed E-state index contributed by atoms with van der Waals surface area (Å²) in [5, 5.41) is 3.13. The number of halogens is 1. The van der Waals surface area contributed by atoms with Gasteiger partial charge in [0.1, 0.15) is 0 Å². The Kier molecular flexibility index (Phi) is 4.36. The molecule has 6 heteroatoms. The molecule has 0 unspecified atom stereocenters. The van der Waals surface area contributed by atoms with Crippen molar-refractivity contribution in [2.45, 2.75) is 12.8 Å². The number of benzene rings is 1. The lowest BCUT2D eigenvalue weighted by molar-refractivity contribution is -0.146. The van der Waals surface area contributed by atoms with Crippen molar-refractivity contribution in [3.05, 3.63) is 38.8 Å². The van der Waals surface area contributed by atoms with Gasteiger partial charge in [-0.3, -0.25) is 9.59 Å². The maximum Gasteiger partial charge on any atom is 0.308 e. The van der Waals surface area contributed by atoms with Gasteiger partial charge in [0.25, 0.3) is 0 Å². The molecule has 116 valence electrons. The van der Waals surface area contributed by atoms with Crippen LogP contribution < -0.4 is 10.3 Å². The van der Waals surface area contributed by atoms with E-state index in [4.69, 9.17) is 16.3 Å². The second kappa shape index (κ2) is 6.26. The summed E-state index contributed by atoms with van der Waals surface area (Å²) in [5.41, 5.74) is 0.704. The predicted molar refractivity (Wildman–Crippen MR) is 90.1 cm³/mol. The zero-order valence-corrected chi connectivity index (χ0v) is 13.7. The Morgan fingerprint density at radius 3 is 2.77 bits per heavy atom. The van der Waals surface area contributed by atoms with E-state index in [0.29, 0.717) is 42.0 Å². The lowest BCUT2D eigenvalue weighted by Gasteiger charge is -2.31. The fraction of sp³-hybridized carbons (Fsp3) is 0.375. The van der Waals surface area contributed by atoms with Crippen LogP contribution in [0.15, 0.2) is 28.4 Å². The maximum absolute atomic E-state index is 12.7. The number of hydrogen-bond donors (Lipinski definition) is 0. The van der Waals surface area contributed by atoms with E-state index in [1.54, 1.807) is 12.1 Å². The molecule has 22 heavy (non-hydrogen) atoms. The van der Waals surface area contributed by atoms with Crippen LogP contribution in [-0.2, 0) is 9.53 Å². The summed E-state index contributed by atoms with van der Waals surface area (Å²) in [5.74, 6) is -0.218. The van der Waals surface area contributed by atoms with Crippen molar-refractivity contribution >= 4 is 44.7 Å². The third-order valence-electron chi connectivity index (χ3n) is 4.09. The van der Waals surface area contributed by atoms with Gasteiger partial charge in [-0.25, -0.2) is 0 Å². The Balaban J connectivity index is 1.87. The zero-order valence-electron chi connectivity index (χ0n) is 12.2. The Bertz CT molecular complexity index is 766. The maximum atomic E-state index is 12.7. The highest BCUT2D eigenvalue weighted by atomic mass is 35.5. The highest BCUT2D eigenvalue weighted by Crippen LogP contribution is 2.27. The van der Waals surface area contributed by atoms with Gasteiger partial charge in [0.2, 0.25) is 5.43 Å². The van der Waals surface area contributed by atoms with E-state index >= 15 is 0 Å². The number of carbonyl (C=O) groups is 1. The van der Waals surface area contributed by atoms with Gasteiger partial charge in [-0.05, 0) is 31.0 Å². The lowest BCUT2D eigenvalue weighted by Crippen LogP contribution is -2.38. The van der Waals surface area contributed by atoms with Crippen molar-refractivity contribution in [1.29, 1.82) is 0 Å². The molecule has 1 aliphatic rings. The Morgan fingerprint density at radius 1 is 1.36 bits per heavy atom. The fourth-order valence-corrected chi connectivity index (χ4v) is 3.93. The molecule has 0 radical (unpaired) electrons. The number of esters is 1. The van der Waals surface area contributed by atoms with Crippen LogP contribution in [0, 0.1) is 5.92 Å². The normalized spacial score (nSPS) is 16.0. The lowest BCUT2D eigenvalue weighted by atomic mass is 9.97. The molecule has 2 heterocycles. The highest BCUT2D eigenvalue weighted by Gasteiger charge is 2.26. The van der Waals surface area contributed by atoms with Gasteiger partial charge in [0, 0.05) is 33.6 Å². The minimum Gasteiger partial charge on any atom is -0.469 e. The Labute approximate surface area is 137 Å². The molecule has 1 aliphatic heterocycles. The van der Waals surface area contributed by atoms with Crippen molar-refractivity contribution < 1.29 is 9.53 Å². The molecule has 0 amide bonds. The van der Waals surface area contributed by atoms with Crippen molar-refractivity contribution in [2.75, 3.05) is 25.1 Å². The van der Waals surface area contributed by atoms with E-state index in [2.05, 4.69) is 4.90 Å². The first-order chi connectivity index (χ1) is 10.6. The van der Waals surface area contributed by atoms with Crippen LogP contribution in [0.3, 0.4) is 0 Å². The number of anilines is 1. The molecule has 0 atom stereocenters. The molecular formula is C16H16ClNO3S. The van der Waals surface area contributed by atoms with Crippen molar-refractivity contribution in [2.24, 2.45) is 5.92 Å². The summed E-state index contributed by atoms with van der Waals surface area (Å²) in [6.45, 7) is 1.38. The number of rotatable bonds is 2. The minimum atomic E-state index is -0.157. The van der Waals surface area contributed by atoms with E-state index in [9.17, 15) is 9.59 Å². The number of carbonyl (C=O) groups excluding carboxylic acids is 1. The van der Waals surface area contributed by atoms with Gasteiger partial charge in [-0.15, -0.1) is 11.3 Å². The first kappa shape index (κ1) is 15.3. The largest absolute Gasteiger partial charge is 0.469 e. The first-order valence-corrected chi connectivity index (χ1v) is 8.39. The second-order valence-electron chi connectivity index (χ2n) is 5.38. The minimum absolute atomic E-state index is 0.00719. The molecule has 4 nitrogen and oxygen atoms in total. The van der Waals surface area contributed by atoms with E-state index in [0.717, 1.165) is 4.70 Å². The summed E-state index contributed by atoms with van der Waals surface area (Å²) in [6, 6.07) is 5.39. The average Bonchev–Trinajstić information content (AvgIpc) is 2.55. The molecule has 1 fully saturated rings. The van der Waals surface area contributed by atoms with Crippen LogP contribution in [0.25, 0.3) is 10.1 Å². The summed E-state index contributed by atoms with van der Waals surface area (Å²) in [4.78, 5) is 26.3. The van der Waals surface area contributed by atoms with Crippen LogP contribution in [0.1, 0.15) is 12.8 Å². The fourth-order valence-electron chi connectivity index (χ4n) is 2.83. The molecule has 1 aromatic carbocycles. The molecule has 0 aliphatic carbocycles. The van der Waals surface area contributed by atoms with Crippen molar-refractivity contribution in [3.63, 3.8) is 0 Å². The van der Waals surface area contributed by atoms with Crippen LogP contribution in [-0.4, -0.2) is 26.2 Å². The van der Waals surface area contributed by atoms with Gasteiger partial charge in [-0.1, -0.05) is 11.6 Å². The average molecular weight is 338 g/mol. The monoisotopic (exact) mass is 337 g/mol. The third-order valence-corrected chi connectivity index (χ3v) is 5.27. The third kappa shape index (κ3) is 2.83. The quantitative estimate of drug-likeness (QED) is 0.789. The molecule has 3 rings (SSSR count). The van der Waals surface area contributed by atoms with E-state index in [-0.39, 0.29) is 17.3 Å². The molecule has 0 spiro atoms. The number of methoxy groups -OCH3 is 1. The van der Waals surface area contributed by atoms with Crippen LogP contribution in [0.2, 0.25) is 5.02 Å². The molecule has 0 bridgehead atoms. The zero-order chi connectivity index (χ0) is 15.7. The standard InChI is InChI=1S/C16H16ClNO3S/c1-21-16(20)10-4-6-18(7-5-10)13-9-22-14-3-2-11(17)8-12(14)15(13)19/h2-3,8-10H,4-7H2,1H3. The van der Waals surface area contributed by atoms with E-state index in [1.807, 2.05) is 11.4 Å². The van der Waals surface area contributed by atoms with Gasteiger partial charge >= 0.3 is 5.97 Å². The number of piperidine rings is 1. The van der Waals surface area contributed by atoms with E-state index < -0.39 is 0 Å². The number of ether oxygens (including phenoxy) is 1. The van der Waals surface area contributed by atoms with Gasteiger partial charge in [0.05, 0.1) is 18.7 Å². The van der Waals surface area contributed by atoms with E-state index in [1.165, 1.54) is 18.4 Å². The number of nitrogens with zero attached hydrogens (tertiary/aromatic N) is 1. The SMILES string of the molecule is COC(=O)C1CCN(c2csc3ccc(Cl)cc3c2=O)CC1. The Morgan fingerprint density at radius 2 is 2.09 bits per heavy atom. The summed E-state index contributed by atoms with van der Waals surface area (Å²) in [6.07, 6.45) is 1.43. The van der Waals surface area contributed by atoms with Gasteiger partial charge in [-0.2, -0.15) is 0 Å². The highest BCUT2D eigenvalue weighted by molar-refractivity contribution is 7.16. The smallest absolute Gasteiger partial charge is 0.308 e. The molecule has 1 saturated heterocycles. The van der Waals surface area contributed by atoms with Gasteiger partial charge < -0.3 is 9.64 Å². The predicted octanol–water partition coefficient (Wildman–Crippen LogP) is 3.30. The van der Waals surface area contributed by atoms with Gasteiger partial charge in [0.15, 0.2) is 0 Å². The topological polar surface area (TPSA) is 46.6 Å². The van der Waals surface area contributed by atoms with Crippen LogP contribution >= 0.6 is 22.9 Å². The molecule has 1 aromatic heterocycles. The Hall–Kier alpha value is -1.59. The summed E-state index contributed by atoms with van der Waals surface area (Å²) in [7, 11) is 1.42. The van der Waals surface area contributed by atoms with Crippen LogP contribution in [0.4, 0.5) is 5.69 Å². The van der Waals surface area contributed by atoms with Crippen molar-refractivity contribution in [3.8, 4) is 0 Å². The molecular weight excluding hydrogens is 322 g/mol. The van der Waals surface area contributed by atoms with Crippen LogP contribution in [0.5, 0.6) is 0 Å². The molecule has 2 aromatic rings. The number of fused-ring (bicyclic) bond motifs is 1. The summed E-state index contributed by atoms with van der Waals surface area (Å²) >= 11 is 7.54.